The quantitative estimate of drug-likeness (QED) is 0.562. The number of anilines is 2. The Labute approximate surface area is 187 Å². The zero-order valence-electron chi connectivity index (χ0n) is 19.2. The Hall–Kier alpha value is -3.14. The van der Waals surface area contributed by atoms with Gasteiger partial charge in [-0.05, 0) is 40.8 Å². The highest BCUT2D eigenvalue weighted by Gasteiger charge is 2.24. The van der Waals surface area contributed by atoms with E-state index in [2.05, 4.69) is 42.3 Å². The molecule has 1 fully saturated rings. The molecule has 3 aromatic rings. The van der Waals surface area contributed by atoms with Gasteiger partial charge in [-0.2, -0.15) is 5.10 Å². The first-order chi connectivity index (χ1) is 15.2. The number of halogens is 1. The lowest BCUT2D eigenvalue weighted by molar-refractivity contribution is 0.178. The lowest BCUT2D eigenvalue weighted by Gasteiger charge is -2.34. The number of urea groups is 1. The molecule has 0 aliphatic carbocycles. The van der Waals surface area contributed by atoms with Crippen molar-refractivity contribution in [1.29, 1.82) is 0 Å². The summed E-state index contributed by atoms with van der Waals surface area (Å²) in [6.45, 7) is 11.2. The molecule has 9 nitrogen and oxygen atoms in total. The first kappa shape index (κ1) is 22.1. The minimum Gasteiger partial charge on any atom is -0.367 e. The number of nitrogens with zero attached hydrogens (tertiary/aromatic N) is 5. The Morgan fingerprint density at radius 1 is 1.16 bits per heavy atom. The van der Waals surface area contributed by atoms with E-state index in [9.17, 15) is 9.18 Å². The molecule has 4 rings (SSSR count). The number of carbonyl (C=O) groups excluding carboxylic acids is 1. The number of piperazine rings is 1. The van der Waals surface area contributed by atoms with E-state index in [-0.39, 0.29) is 23.9 Å². The van der Waals surface area contributed by atoms with E-state index in [0.29, 0.717) is 28.4 Å². The first-order valence-electron chi connectivity index (χ1n) is 11.0. The number of benzene rings is 1. The Kier molecular flexibility index (Phi) is 6.05. The molecular weight excluding hydrogens is 411 g/mol. The fraction of sp³-hybridized carbons (Fsp3) is 0.500. The number of hydrogen-bond acceptors (Lipinski definition) is 5. The molecule has 0 bridgehead atoms. The summed E-state index contributed by atoms with van der Waals surface area (Å²) in [6.07, 6.45) is 1.62. The van der Waals surface area contributed by atoms with Gasteiger partial charge in [-0.1, -0.05) is 0 Å². The van der Waals surface area contributed by atoms with Crippen molar-refractivity contribution in [3.63, 3.8) is 0 Å². The molecular formula is C22H31FN8O. The Balaban J connectivity index is 1.61. The lowest BCUT2D eigenvalue weighted by atomic mass is 10.2. The van der Waals surface area contributed by atoms with E-state index in [1.54, 1.807) is 17.2 Å². The number of fused-ring (bicyclic) bond motifs is 1. The van der Waals surface area contributed by atoms with Gasteiger partial charge in [0.1, 0.15) is 5.82 Å². The lowest BCUT2D eigenvalue weighted by Crippen LogP contribution is -2.44. The Morgan fingerprint density at radius 3 is 2.50 bits per heavy atom. The number of rotatable bonds is 5. The number of imidazole rings is 1. The van der Waals surface area contributed by atoms with Crippen LogP contribution in [0.15, 0.2) is 18.3 Å². The number of carbonyl (C=O) groups is 1. The average molecular weight is 443 g/mol. The average Bonchev–Trinajstić information content (AvgIpc) is 3.33. The van der Waals surface area contributed by atoms with Gasteiger partial charge in [-0.25, -0.2) is 14.2 Å². The molecule has 0 radical (unpaired) electrons. The highest BCUT2D eigenvalue weighted by molar-refractivity contribution is 5.94. The molecule has 1 saturated heterocycles. The molecule has 172 valence electrons. The number of likely N-dealkylation sites (N-methyl/N-ethyl adjacent to an activating group) is 1. The van der Waals surface area contributed by atoms with E-state index >= 15 is 0 Å². The maximum Gasteiger partial charge on any atom is 0.322 e. The van der Waals surface area contributed by atoms with Crippen LogP contribution in [0, 0.1) is 5.82 Å². The van der Waals surface area contributed by atoms with E-state index in [1.165, 1.54) is 6.07 Å². The molecule has 2 aromatic heterocycles. The molecule has 1 aliphatic rings. The molecule has 0 unspecified atom stereocenters. The van der Waals surface area contributed by atoms with Crippen molar-refractivity contribution in [2.75, 3.05) is 43.4 Å². The summed E-state index contributed by atoms with van der Waals surface area (Å²) in [5, 5.41) is 9.98. The maximum absolute atomic E-state index is 14.9. The number of amides is 2. The summed E-state index contributed by atoms with van der Waals surface area (Å²) in [5.41, 5.74) is 2.80. The van der Waals surface area contributed by atoms with Gasteiger partial charge in [0.05, 0.1) is 22.4 Å². The highest BCUT2D eigenvalue weighted by atomic mass is 19.1. The zero-order chi connectivity index (χ0) is 23.0. The van der Waals surface area contributed by atoms with Crippen molar-refractivity contribution in [3.8, 4) is 11.5 Å². The predicted octanol–water partition coefficient (Wildman–Crippen LogP) is 3.49. The minimum atomic E-state index is -0.292. The van der Waals surface area contributed by atoms with Gasteiger partial charge in [-0.15, -0.1) is 0 Å². The van der Waals surface area contributed by atoms with Crippen LogP contribution in [-0.4, -0.2) is 81.3 Å². The third-order valence-electron chi connectivity index (χ3n) is 5.85. The van der Waals surface area contributed by atoms with Gasteiger partial charge in [-0.3, -0.25) is 5.10 Å². The summed E-state index contributed by atoms with van der Waals surface area (Å²) < 4.78 is 14.9. The van der Waals surface area contributed by atoms with Crippen LogP contribution in [0.3, 0.4) is 0 Å². The second-order valence-electron chi connectivity index (χ2n) is 8.87. The summed E-state index contributed by atoms with van der Waals surface area (Å²) in [5.74, 6) is 0.173. The van der Waals surface area contributed by atoms with Crippen molar-refractivity contribution in [2.24, 2.45) is 0 Å². The maximum atomic E-state index is 14.9. The van der Waals surface area contributed by atoms with Crippen LogP contribution in [0.4, 0.5) is 20.6 Å². The van der Waals surface area contributed by atoms with Crippen LogP contribution in [-0.2, 0) is 0 Å². The van der Waals surface area contributed by atoms with Crippen molar-refractivity contribution >= 4 is 28.4 Å². The number of H-pyrrole nitrogens is 2. The van der Waals surface area contributed by atoms with Crippen molar-refractivity contribution in [1.82, 2.24) is 30.0 Å². The third-order valence-corrected chi connectivity index (χ3v) is 5.85. The molecule has 1 aliphatic heterocycles. The van der Waals surface area contributed by atoms with Crippen LogP contribution < -0.4 is 10.2 Å². The van der Waals surface area contributed by atoms with Crippen LogP contribution in [0.2, 0.25) is 0 Å². The van der Waals surface area contributed by atoms with Crippen LogP contribution >= 0.6 is 0 Å². The van der Waals surface area contributed by atoms with E-state index in [1.807, 2.05) is 27.7 Å². The van der Waals surface area contributed by atoms with Crippen molar-refractivity contribution in [2.45, 2.75) is 39.8 Å². The summed E-state index contributed by atoms with van der Waals surface area (Å²) >= 11 is 0. The van der Waals surface area contributed by atoms with Crippen LogP contribution in [0.25, 0.3) is 22.6 Å². The fourth-order valence-corrected chi connectivity index (χ4v) is 4.23. The number of aromatic amines is 2. The molecule has 0 spiro atoms. The second kappa shape index (κ2) is 8.78. The monoisotopic (exact) mass is 442 g/mol. The molecule has 2 amide bonds. The summed E-state index contributed by atoms with van der Waals surface area (Å²) in [7, 11) is 2.07. The largest absolute Gasteiger partial charge is 0.367 e. The molecule has 3 heterocycles. The molecule has 0 saturated carbocycles. The zero-order valence-corrected chi connectivity index (χ0v) is 19.2. The van der Waals surface area contributed by atoms with Crippen LogP contribution in [0.5, 0.6) is 0 Å². The van der Waals surface area contributed by atoms with E-state index in [4.69, 9.17) is 0 Å². The highest BCUT2D eigenvalue weighted by Crippen LogP contribution is 2.30. The van der Waals surface area contributed by atoms with Gasteiger partial charge in [0, 0.05) is 50.5 Å². The van der Waals surface area contributed by atoms with Crippen molar-refractivity contribution < 1.29 is 9.18 Å². The molecule has 10 heteroatoms. The number of nitrogens with one attached hydrogen (secondary N) is 3. The molecule has 3 N–H and O–H groups in total. The predicted molar refractivity (Wildman–Crippen MR) is 124 cm³/mol. The third kappa shape index (κ3) is 4.27. The molecule has 0 atom stereocenters. The van der Waals surface area contributed by atoms with Gasteiger partial charge in [0.2, 0.25) is 0 Å². The molecule has 1 aromatic carbocycles. The topological polar surface area (TPSA) is 96.2 Å². The van der Waals surface area contributed by atoms with Gasteiger partial charge < -0.3 is 25.0 Å². The first-order valence-corrected chi connectivity index (χ1v) is 11.0. The number of aromatic nitrogens is 4. The van der Waals surface area contributed by atoms with E-state index in [0.717, 1.165) is 31.7 Å². The summed E-state index contributed by atoms with van der Waals surface area (Å²) in [4.78, 5) is 26.6. The van der Waals surface area contributed by atoms with E-state index < -0.39 is 0 Å². The second-order valence-corrected chi connectivity index (χ2v) is 8.87. The number of hydrogen-bond donors (Lipinski definition) is 3. The van der Waals surface area contributed by atoms with Crippen molar-refractivity contribution in [3.05, 3.63) is 24.1 Å². The normalized spacial score (nSPS) is 15.2. The Bertz CT molecular complexity index is 1090. The minimum absolute atomic E-state index is 0.0486. The Morgan fingerprint density at radius 2 is 1.84 bits per heavy atom. The van der Waals surface area contributed by atoms with Gasteiger partial charge >= 0.3 is 6.03 Å². The fourth-order valence-electron chi connectivity index (χ4n) is 4.23. The van der Waals surface area contributed by atoms with Gasteiger partial charge in [0.15, 0.2) is 11.5 Å². The smallest absolute Gasteiger partial charge is 0.322 e. The summed E-state index contributed by atoms with van der Waals surface area (Å²) in [6, 6.07) is 3.14. The SMILES string of the molecule is CC(C)N(C(=O)Nc1c[nH]nc1-c1nc2cc(F)c(N3CCN(C)CC3)cc2[nH]1)C(C)C. The molecule has 32 heavy (non-hydrogen) atoms. The van der Waals surface area contributed by atoms with Gasteiger partial charge in [0.25, 0.3) is 0 Å². The standard InChI is InChI=1S/C22H31FN8O/c1-13(2)31(14(3)4)22(32)27-18-12-24-28-20(18)21-25-16-10-15(23)19(11-17(16)26-21)30-8-6-29(5)7-9-30/h10-14H,6-9H2,1-5H3,(H,24,28)(H,25,26)(H,27,32). The van der Waals surface area contributed by atoms with Crippen LogP contribution in [0.1, 0.15) is 27.7 Å².